The van der Waals surface area contributed by atoms with Gasteiger partial charge in [0.1, 0.15) is 4.90 Å². The zero-order valence-electron chi connectivity index (χ0n) is 9.20. The normalized spacial score (nSPS) is 11.4. The number of rotatable bonds is 3. The van der Waals surface area contributed by atoms with Gasteiger partial charge in [0.2, 0.25) is 0 Å². The van der Waals surface area contributed by atoms with Crippen molar-refractivity contribution < 1.29 is 8.42 Å². The van der Waals surface area contributed by atoms with Crippen LogP contribution < -0.4 is 10.5 Å². The number of nitrogens with one attached hydrogen (secondary N) is 1. The number of aryl methyl sites for hydroxylation is 1. The minimum Gasteiger partial charge on any atom is -0.398 e. The average molecular weight is 289 g/mol. The number of halogens is 1. The van der Waals surface area contributed by atoms with Gasteiger partial charge in [0.25, 0.3) is 16.0 Å². The molecule has 8 nitrogen and oxygen atoms in total. The number of nitrogens with zero attached hydrogens (tertiary/aromatic N) is 4. The van der Waals surface area contributed by atoms with Crippen molar-refractivity contribution in [1.29, 1.82) is 0 Å². The summed E-state index contributed by atoms with van der Waals surface area (Å²) in [7, 11) is -2.44. The predicted molar refractivity (Wildman–Crippen MR) is 65.5 cm³/mol. The molecule has 2 rings (SSSR count). The predicted octanol–water partition coefficient (Wildman–Crippen LogP) is 0.247. The number of benzene rings is 1. The molecule has 0 saturated carbocycles. The monoisotopic (exact) mass is 288 g/mol. The molecule has 18 heavy (non-hydrogen) atoms. The SMILES string of the molecule is Cn1nnc(NS(=O)(=O)c2c(N)cccc2Cl)n1. The molecule has 10 heteroatoms. The van der Waals surface area contributed by atoms with Crippen LogP contribution in [0.2, 0.25) is 5.02 Å². The molecule has 3 N–H and O–H groups in total. The third kappa shape index (κ3) is 2.36. The van der Waals surface area contributed by atoms with E-state index in [0.717, 1.165) is 4.80 Å². The minimum atomic E-state index is -3.95. The van der Waals surface area contributed by atoms with E-state index >= 15 is 0 Å². The Morgan fingerprint density at radius 1 is 1.44 bits per heavy atom. The first kappa shape index (κ1) is 12.6. The van der Waals surface area contributed by atoms with Crippen LogP contribution in [-0.4, -0.2) is 28.6 Å². The second kappa shape index (κ2) is 4.42. The van der Waals surface area contributed by atoms with Crippen LogP contribution >= 0.6 is 11.6 Å². The molecule has 0 fully saturated rings. The van der Waals surface area contributed by atoms with E-state index in [9.17, 15) is 8.42 Å². The second-order valence-electron chi connectivity index (χ2n) is 3.37. The van der Waals surface area contributed by atoms with Crippen molar-refractivity contribution in [3.8, 4) is 0 Å². The summed E-state index contributed by atoms with van der Waals surface area (Å²) in [4.78, 5) is 0.910. The fraction of sp³-hybridized carbons (Fsp3) is 0.125. The Hall–Kier alpha value is -1.87. The van der Waals surface area contributed by atoms with Crippen LogP contribution in [0.1, 0.15) is 0 Å². The lowest BCUT2D eigenvalue weighted by molar-refractivity contribution is 0.601. The van der Waals surface area contributed by atoms with Crippen LogP contribution in [0.5, 0.6) is 0 Å². The molecule has 96 valence electrons. The van der Waals surface area contributed by atoms with Crippen molar-refractivity contribution in [1.82, 2.24) is 20.2 Å². The van der Waals surface area contributed by atoms with E-state index in [-0.39, 0.29) is 21.6 Å². The number of hydrogen-bond donors (Lipinski definition) is 2. The molecule has 0 bridgehead atoms. The Morgan fingerprint density at radius 2 is 2.17 bits per heavy atom. The van der Waals surface area contributed by atoms with Crippen molar-refractivity contribution >= 4 is 33.3 Å². The van der Waals surface area contributed by atoms with E-state index in [2.05, 4.69) is 20.1 Å². The summed E-state index contributed by atoms with van der Waals surface area (Å²) in [5.74, 6) is -0.156. The lowest BCUT2D eigenvalue weighted by Crippen LogP contribution is -2.16. The van der Waals surface area contributed by atoms with Crippen molar-refractivity contribution in [2.24, 2.45) is 7.05 Å². The van der Waals surface area contributed by atoms with Gasteiger partial charge in [-0.2, -0.15) is 4.80 Å². The van der Waals surface area contributed by atoms with Crippen molar-refractivity contribution in [2.75, 3.05) is 10.5 Å². The Kier molecular flexibility index (Phi) is 3.09. The first-order valence-electron chi connectivity index (χ1n) is 4.71. The number of sulfonamides is 1. The molecule has 0 spiro atoms. The third-order valence-corrected chi connectivity index (χ3v) is 3.87. The third-order valence-electron chi connectivity index (χ3n) is 2.00. The molecule has 1 heterocycles. The van der Waals surface area contributed by atoms with Crippen LogP contribution in [0.25, 0.3) is 0 Å². The minimum absolute atomic E-state index is 0.0198. The maximum absolute atomic E-state index is 12.1. The number of aromatic nitrogens is 4. The fourth-order valence-corrected chi connectivity index (χ4v) is 2.92. The van der Waals surface area contributed by atoms with Crippen molar-refractivity contribution in [3.63, 3.8) is 0 Å². The fourth-order valence-electron chi connectivity index (χ4n) is 1.31. The number of hydrogen-bond acceptors (Lipinski definition) is 6. The molecule has 0 amide bonds. The first-order valence-corrected chi connectivity index (χ1v) is 6.57. The molecule has 0 atom stereocenters. The van der Waals surface area contributed by atoms with E-state index in [0.29, 0.717) is 0 Å². The number of anilines is 2. The highest BCUT2D eigenvalue weighted by atomic mass is 35.5. The molecule has 1 aromatic carbocycles. The van der Waals surface area contributed by atoms with Crippen molar-refractivity contribution in [3.05, 3.63) is 23.2 Å². The molecule has 0 radical (unpaired) electrons. The van der Waals surface area contributed by atoms with E-state index in [1.54, 1.807) is 6.07 Å². The Labute approximate surface area is 108 Å². The lowest BCUT2D eigenvalue weighted by atomic mass is 10.3. The summed E-state index contributed by atoms with van der Waals surface area (Å²) < 4.78 is 26.3. The molecule has 2 aromatic rings. The van der Waals surface area contributed by atoms with Crippen molar-refractivity contribution in [2.45, 2.75) is 4.90 Å². The zero-order chi connectivity index (χ0) is 13.3. The van der Waals surface area contributed by atoms with Gasteiger partial charge >= 0.3 is 0 Å². The standard InChI is InChI=1S/C8H9ClN6O2S/c1-15-12-8(11-14-15)13-18(16,17)7-5(9)3-2-4-6(7)10/h2-4H,10H2,1H3,(H,12,13). The van der Waals surface area contributed by atoms with Gasteiger partial charge in [-0.15, -0.1) is 5.10 Å². The zero-order valence-corrected chi connectivity index (χ0v) is 10.8. The second-order valence-corrected chi connectivity index (χ2v) is 5.39. The Balaban J connectivity index is 2.43. The highest BCUT2D eigenvalue weighted by Crippen LogP contribution is 2.27. The maximum atomic E-state index is 12.1. The lowest BCUT2D eigenvalue weighted by Gasteiger charge is -2.08. The smallest absolute Gasteiger partial charge is 0.277 e. The van der Waals surface area contributed by atoms with Crippen LogP contribution in [0.3, 0.4) is 0 Å². The summed E-state index contributed by atoms with van der Waals surface area (Å²) in [5, 5.41) is 10.7. The number of nitrogen functional groups attached to an aromatic ring is 1. The molecule has 0 unspecified atom stereocenters. The van der Waals surface area contributed by atoms with Crippen LogP contribution in [0.15, 0.2) is 23.1 Å². The molecule has 0 aliphatic carbocycles. The van der Waals surface area contributed by atoms with Gasteiger partial charge in [-0.05, 0) is 17.3 Å². The molecule has 0 aliphatic rings. The van der Waals surface area contributed by atoms with Gasteiger partial charge in [0, 0.05) is 0 Å². The summed E-state index contributed by atoms with van der Waals surface area (Å²) in [6.07, 6.45) is 0. The van der Waals surface area contributed by atoms with Gasteiger partial charge in [-0.25, -0.2) is 13.1 Å². The molecule has 0 aliphatic heterocycles. The summed E-state index contributed by atoms with van der Waals surface area (Å²) in [6.45, 7) is 0. The van der Waals surface area contributed by atoms with E-state index in [1.165, 1.54) is 19.2 Å². The summed E-state index contributed by atoms with van der Waals surface area (Å²) in [5.41, 5.74) is 5.64. The quantitative estimate of drug-likeness (QED) is 0.782. The van der Waals surface area contributed by atoms with E-state index in [1.807, 2.05) is 0 Å². The molecular weight excluding hydrogens is 280 g/mol. The van der Waals surface area contributed by atoms with E-state index in [4.69, 9.17) is 17.3 Å². The maximum Gasteiger partial charge on any atom is 0.277 e. The van der Waals surface area contributed by atoms with Gasteiger partial charge < -0.3 is 5.73 Å². The van der Waals surface area contributed by atoms with Gasteiger partial charge in [-0.3, -0.25) is 0 Å². The van der Waals surface area contributed by atoms with E-state index < -0.39 is 10.0 Å². The highest BCUT2D eigenvalue weighted by Gasteiger charge is 2.22. The average Bonchev–Trinajstić information content (AvgIpc) is 2.62. The van der Waals surface area contributed by atoms with Crippen LogP contribution in [0.4, 0.5) is 11.6 Å². The highest BCUT2D eigenvalue weighted by molar-refractivity contribution is 7.93. The summed E-state index contributed by atoms with van der Waals surface area (Å²) >= 11 is 5.82. The molecule has 1 aromatic heterocycles. The van der Waals surface area contributed by atoms with Crippen LogP contribution in [0, 0.1) is 0 Å². The Morgan fingerprint density at radius 3 is 2.72 bits per heavy atom. The van der Waals surface area contributed by atoms with Gasteiger partial charge in [0.05, 0.1) is 17.8 Å². The molecule has 0 saturated heterocycles. The largest absolute Gasteiger partial charge is 0.398 e. The Bertz CT molecular complexity index is 662. The topological polar surface area (TPSA) is 116 Å². The first-order chi connectivity index (χ1) is 8.40. The number of nitrogens with two attached hydrogens (primary N) is 1. The molecular formula is C8H9ClN6O2S. The van der Waals surface area contributed by atoms with Gasteiger partial charge in [0.15, 0.2) is 0 Å². The summed E-state index contributed by atoms with van der Waals surface area (Å²) in [6, 6.07) is 4.42. The van der Waals surface area contributed by atoms with Gasteiger partial charge in [-0.1, -0.05) is 22.8 Å². The number of tetrazole rings is 1. The van der Waals surface area contributed by atoms with Crippen LogP contribution in [-0.2, 0) is 17.1 Å².